The van der Waals surface area contributed by atoms with Crippen LogP contribution in [0.4, 0.5) is 0 Å². The summed E-state index contributed by atoms with van der Waals surface area (Å²) in [6, 6.07) is 0. The van der Waals surface area contributed by atoms with E-state index in [0.29, 0.717) is 19.1 Å². The average molecular weight is 205 g/mol. The molecule has 1 rings (SSSR count). The molecule has 0 radical (unpaired) electrons. The Morgan fingerprint density at radius 3 is 3.00 bits per heavy atom. The first-order valence-corrected chi connectivity index (χ1v) is 6.27. The minimum Gasteiger partial charge on any atom is -0.380 e. The molecule has 0 amide bonds. The molecule has 0 aromatic rings. The fourth-order valence-corrected chi connectivity index (χ4v) is 3.05. The number of hydrogen-bond acceptors (Lipinski definition) is 3. The average Bonchev–Trinajstić information content (AvgIpc) is 2.19. The van der Waals surface area contributed by atoms with Gasteiger partial charge in [-0.25, -0.2) is 0 Å². The zero-order valence-corrected chi connectivity index (χ0v) is 9.02. The molecule has 1 heterocycles. The third kappa shape index (κ3) is 3.75. The molecular weight excluding hydrogens is 186 g/mol. The van der Waals surface area contributed by atoms with Crippen LogP contribution in [0.3, 0.4) is 0 Å². The van der Waals surface area contributed by atoms with Crippen molar-refractivity contribution in [2.75, 3.05) is 25.5 Å². The normalized spacial score (nSPS) is 28.3. The molecule has 0 aromatic carbocycles. The van der Waals surface area contributed by atoms with Crippen LogP contribution in [0.5, 0.6) is 0 Å². The van der Waals surface area contributed by atoms with Crippen LogP contribution in [-0.4, -0.2) is 35.0 Å². The van der Waals surface area contributed by atoms with Crippen LogP contribution in [0.1, 0.15) is 19.8 Å². The van der Waals surface area contributed by atoms with Gasteiger partial charge in [0.25, 0.3) is 0 Å². The molecule has 0 aliphatic carbocycles. The zero-order chi connectivity index (χ0) is 9.68. The van der Waals surface area contributed by atoms with E-state index >= 15 is 0 Å². The second kappa shape index (κ2) is 5.73. The molecule has 2 N–H and O–H groups in total. The van der Waals surface area contributed by atoms with Gasteiger partial charge in [-0.15, -0.1) is 0 Å². The monoisotopic (exact) mass is 205 g/mol. The lowest BCUT2D eigenvalue weighted by Gasteiger charge is -2.22. The molecular formula is C9H19NO2S. The topological polar surface area (TPSA) is 52.3 Å². The van der Waals surface area contributed by atoms with Crippen molar-refractivity contribution in [2.24, 2.45) is 11.7 Å². The van der Waals surface area contributed by atoms with E-state index in [9.17, 15) is 4.21 Å². The van der Waals surface area contributed by atoms with Crippen LogP contribution in [0.2, 0.25) is 0 Å². The van der Waals surface area contributed by atoms with E-state index in [1.165, 1.54) is 0 Å². The summed E-state index contributed by atoms with van der Waals surface area (Å²) in [4.78, 5) is 0. The highest BCUT2D eigenvalue weighted by atomic mass is 32.2. The minimum atomic E-state index is -0.741. The van der Waals surface area contributed by atoms with Gasteiger partial charge in [-0.2, -0.15) is 0 Å². The van der Waals surface area contributed by atoms with Crippen molar-refractivity contribution in [3.63, 3.8) is 0 Å². The Morgan fingerprint density at radius 1 is 1.69 bits per heavy atom. The van der Waals surface area contributed by atoms with Gasteiger partial charge >= 0.3 is 0 Å². The van der Waals surface area contributed by atoms with Crippen molar-refractivity contribution < 1.29 is 8.95 Å². The fourth-order valence-electron chi connectivity index (χ4n) is 1.40. The van der Waals surface area contributed by atoms with Crippen LogP contribution in [-0.2, 0) is 15.5 Å². The van der Waals surface area contributed by atoms with Crippen LogP contribution in [0.15, 0.2) is 0 Å². The fraction of sp³-hybridized carbons (Fsp3) is 1.00. The molecule has 0 saturated carbocycles. The first-order chi connectivity index (χ1) is 6.24. The van der Waals surface area contributed by atoms with Gasteiger partial charge in [-0.05, 0) is 25.3 Å². The quantitative estimate of drug-likeness (QED) is 0.727. The van der Waals surface area contributed by atoms with Gasteiger partial charge in [-0.1, -0.05) is 6.92 Å². The number of hydrogen-bond donors (Lipinski definition) is 1. The SMILES string of the molecule is CC(CN)CS(=O)C1CCCOC1. The van der Waals surface area contributed by atoms with Crippen molar-refractivity contribution >= 4 is 10.8 Å². The molecule has 1 fully saturated rings. The zero-order valence-electron chi connectivity index (χ0n) is 8.20. The Morgan fingerprint density at radius 2 is 2.46 bits per heavy atom. The maximum atomic E-state index is 11.7. The Labute approximate surface area is 82.5 Å². The van der Waals surface area contributed by atoms with E-state index < -0.39 is 10.8 Å². The summed E-state index contributed by atoms with van der Waals surface area (Å²) in [5.41, 5.74) is 5.48. The van der Waals surface area contributed by atoms with E-state index in [0.717, 1.165) is 25.2 Å². The van der Waals surface area contributed by atoms with Crippen molar-refractivity contribution in [3.8, 4) is 0 Å². The number of ether oxygens (including phenoxy) is 1. The molecule has 1 aliphatic rings. The first-order valence-electron chi connectivity index (χ1n) is 4.89. The van der Waals surface area contributed by atoms with Crippen LogP contribution < -0.4 is 5.73 Å². The lowest BCUT2D eigenvalue weighted by molar-refractivity contribution is 0.100. The first kappa shape index (κ1) is 11.1. The standard InChI is InChI=1S/C9H19NO2S/c1-8(5-10)7-13(11)9-3-2-4-12-6-9/h8-9H,2-7,10H2,1H3. The Hall–Kier alpha value is 0.0700. The highest BCUT2D eigenvalue weighted by Crippen LogP contribution is 2.13. The molecule has 0 aromatic heterocycles. The summed E-state index contributed by atoms with van der Waals surface area (Å²) >= 11 is 0. The van der Waals surface area contributed by atoms with Gasteiger partial charge in [-0.3, -0.25) is 4.21 Å². The second-order valence-corrected chi connectivity index (χ2v) is 5.49. The second-order valence-electron chi connectivity index (χ2n) is 3.73. The molecule has 4 heteroatoms. The summed E-state index contributed by atoms with van der Waals surface area (Å²) in [6.45, 7) is 4.17. The van der Waals surface area contributed by atoms with Gasteiger partial charge < -0.3 is 10.5 Å². The number of nitrogens with two attached hydrogens (primary N) is 1. The highest BCUT2D eigenvalue weighted by Gasteiger charge is 2.21. The van der Waals surface area contributed by atoms with Crippen molar-refractivity contribution in [2.45, 2.75) is 25.0 Å². The minimum absolute atomic E-state index is 0.253. The molecule has 3 nitrogen and oxygen atoms in total. The molecule has 78 valence electrons. The smallest absolute Gasteiger partial charge is 0.0609 e. The van der Waals surface area contributed by atoms with E-state index in [4.69, 9.17) is 10.5 Å². The molecule has 0 bridgehead atoms. The van der Waals surface area contributed by atoms with Gasteiger partial charge in [0.2, 0.25) is 0 Å². The Balaban J connectivity index is 2.29. The third-order valence-electron chi connectivity index (χ3n) is 2.34. The maximum absolute atomic E-state index is 11.7. The summed E-state index contributed by atoms with van der Waals surface area (Å²) in [7, 11) is -0.741. The number of rotatable bonds is 4. The van der Waals surface area contributed by atoms with E-state index in [2.05, 4.69) is 0 Å². The van der Waals surface area contributed by atoms with Crippen LogP contribution >= 0.6 is 0 Å². The molecule has 3 unspecified atom stereocenters. The van der Waals surface area contributed by atoms with E-state index in [-0.39, 0.29) is 5.25 Å². The predicted octanol–water partition coefficient (Wildman–Crippen LogP) is 0.509. The van der Waals surface area contributed by atoms with Gasteiger partial charge in [0.1, 0.15) is 0 Å². The lowest BCUT2D eigenvalue weighted by Crippen LogP contribution is -2.31. The van der Waals surface area contributed by atoms with Crippen LogP contribution in [0, 0.1) is 5.92 Å². The lowest BCUT2D eigenvalue weighted by atomic mass is 10.2. The van der Waals surface area contributed by atoms with Crippen LogP contribution in [0.25, 0.3) is 0 Å². The largest absolute Gasteiger partial charge is 0.380 e. The van der Waals surface area contributed by atoms with Gasteiger partial charge in [0.05, 0.1) is 11.9 Å². The van der Waals surface area contributed by atoms with Crippen molar-refractivity contribution in [1.29, 1.82) is 0 Å². The summed E-state index contributed by atoms with van der Waals surface area (Å²) in [5.74, 6) is 1.09. The third-order valence-corrected chi connectivity index (χ3v) is 4.35. The summed E-state index contributed by atoms with van der Waals surface area (Å²) in [6.07, 6.45) is 2.09. The Kier molecular flexibility index (Phi) is 4.91. The van der Waals surface area contributed by atoms with Gasteiger partial charge in [0, 0.05) is 23.2 Å². The predicted molar refractivity (Wildman–Crippen MR) is 55.1 cm³/mol. The van der Waals surface area contributed by atoms with Gasteiger partial charge in [0.15, 0.2) is 0 Å². The highest BCUT2D eigenvalue weighted by molar-refractivity contribution is 7.85. The van der Waals surface area contributed by atoms with E-state index in [1.807, 2.05) is 6.92 Å². The molecule has 1 saturated heterocycles. The molecule has 3 atom stereocenters. The molecule has 13 heavy (non-hydrogen) atoms. The maximum Gasteiger partial charge on any atom is 0.0609 e. The molecule has 0 spiro atoms. The summed E-state index contributed by atoms with van der Waals surface area (Å²) in [5, 5.41) is 0.253. The molecule has 1 aliphatic heterocycles. The Bertz CT molecular complexity index is 169. The summed E-state index contributed by atoms with van der Waals surface area (Å²) < 4.78 is 17.0. The van der Waals surface area contributed by atoms with Crippen molar-refractivity contribution in [3.05, 3.63) is 0 Å². The van der Waals surface area contributed by atoms with Crippen molar-refractivity contribution in [1.82, 2.24) is 0 Å². The van der Waals surface area contributed by atoms with E-state index in [1.54, 1.807) is 0 Å².